The molecule has 0 radical (unpaired) electrons. The molecule has 1 aromatic rings. The molecule has 0 saturated carbocycles. The highest BCUT2D eigenvalue weighted by atomic mass is 35.5. The lowest BCUT2D eigenvalue weighted by Crippen LogP contribution is -2.45. The summed E-state index contributed by atoms with van der Waals surface area (Å²) in [5.41, 5.74) is 1.61. The molecule has 0 spiro atoms. The summed E-state index contributed by atoms with van der Waals surface area (Å²) in [6.45, 7) is 4.80. The number of hydrogen-bond acceptors (Lipinski definition) is 3. The van der Waals surface area contributed by atoms with Gasteiger partial charge >= 0.3 is 5.97 Å². The fourth-order valence-electron chi connectivity index (χ4n) is 2.42. The molecule has 1 heterocycles. The van der Waals surface area contributed by atoms with Crippen molar-refractivity contribution in [1.29, 1.82) is 0 Å². The summed E-state index contributed by atoms with van der Waals surface area (Å²) in [6.07, 6.45) is 0. The minimum Gasteiger partial charge on any atom is -0.468 e. The van der Waals surface area contributed by atoms with Gasteiger partial charge in [0.05, 0.1) is 7.11 Å². The number of ether oxygens (including phenoxy) is 1. The average Bonchev–Trinajstić information content (AvgIpc) is 2.26. The molecule has 0 bridgehead atoms. The lowest BCUT2D eigenvalue weighted by Gasteiger charge is -2.37. The van der Waals surface area contributed by atoms with Gasteiger partial charge in [-0.3, -0.25) is 5.32 Å². The van der Waals surface area contributed by atoms with Gasteiger partial charge in [0.25, 0.3) is 0 Å². The zero-order valence-electron chi connectivity index (χ0n) is 10.5. The molecule has 1 aromatic carbocycles. The van der Waals surface area contributed by atoms with E-state index in [1.165, 1.54) is 7.11 Å². The number of halogens is 2. The molecule has 2 rings (SSSR count). The topological polar surface area (TPSA) is 38.3 Å². The first-order valence-corrected chi connectivity index (χ1v) is 6.43. The van der Waals surface area contributed by atoms with Crippen LogP contribution in [-0.4, -0.2) is 19.6 Å². The van der Waals surface area contributed by atoms with Gasteiger partial charge in [-0.05, 0) is 23.3 Å². The average molecular weight is 288 g/mol. The largest absolute Gasteiger partial charge is 0.468 e. The number of hydrogen-bond donors (Lipinski definition) is 1. The maximum Gasteiger partial charge on any atom is 0.327 e. The van der Waals surface area contributed by atoms with Gasteiger partial charge < -0.3 is 4.74 Å². The summed E-state index contributed by atoms with van der Waals surface area (Å²) in [6, 6.07) is 2.98. The van der Waals surface area contributed by atoms with Crippen LogP contribution in [0.1, 0.15) is 31.0 Å². The molecule has 1 atom stereocenters. The Hall–Kier alpha value is -0.770. The third-order valence-electron chi connectivity index (χ3n) is 3.26. The molecule has 1 aliphatic heterocycles. The van der Waals surface area contributed by atoms with Crippen LogP contribution >= 0.6 is 23.2 Å². The highest BCUT2D eigenvalue weighted by Crippen LogP contribution is 2.41. The second-order valence-electron chi connectivity index (χ2n) is 5.07. The molecule has 3 nitrogen and oxygen atoms in total. The van der Waals surface area contributed by atoms with Crippen LogP contribution in [-0.2, 0) is 14.9 Å². The SMILES string of the molecule is COC(=O)C1NCC(C)(C)c2c(Cl)cc(Cl)cc21. The Labute approximate surface area is 116 Å². The van der Waals surface area contributed by atoms with Crippen molar-refractivity contribution in [3.8, 4) is 0 Å². The van der Waals surface area contributed by atoms with Gasteiger partial charge in [0.2, 0.25) is 0 Å². The van der Waals surface area contributed by atoms with Gasteiger partial charge in [-0.2, -0.15) is 0 Å². The van der Waals surface area contributed by atoms with E-state index in [0.717, 1.165) is 11.1 Å². The molecule has 5 heteroatoms. The quantitative estimate of drug-likeness (QED) is 0.807. The zero-order valence-corrected chi connectivity index (χ0v) is 12.0. The van der Waals surface area contributed by atoms with E-state index in [9.17, 15) is 4.79 Å². The minimum absolute atomic E-state index is 0.151. The number of nitrogens with one attached hydrogen (secondary N) is 1. The van der Waals surface area contributed by atoms with Crippen LogP contribution in [0.2, 0.25) is 10.0 Å². The fourth-order valence-corrected chi connectivity index (χ4v) is 3.18. The predicted octanol–water partition coefficient (Wildman–Crippen LogP) is 3.09. The molecule has 0 saturated heterocycles. The molecule has 98 valence electrons. The van der Waals surface area contributed by atoms with Crippen LogP contribution in [0.3, 0.4) is 0 Å². The van der Waals surface area contributed by atoms with E-state index in [2.05, 4.69) is 19.2 Å². The molecule has 0 aliphatic carbocycles. The Morgan fingerprint density at radius 3 is 2.72 bits per heavy atom. The number of fused-ring (bicyclic) bond motifs is 1. The number of methoxy groups -OCH3 is 1. The first-order chi connectivity index (χ1) is 8.36. The second-order valence-corrected chi connectivity index (χ2v) is 5.92. The Morgan fingerprint density at radius 2 is 2.11 bits per heavy atom. The molecule has 1 aliphatic rings. The van der Waals surface area contributed by atoms with Crippen molar-refractivity contribution >= 4 is 29.2 Å². The highest BCUT2D eigenvalue weighted by molar-refractivity contribution is 6.35. The first kappa shape index (κ1) is 13.7. The van der Waals surface area contributed by atoms with E-state index in [0.29, 0.717) is 16.6 Å². The third-order valence-corrected chi connectivity index (χ3v) is 3.77. The molecule has 1 unspecified atom stereocenters. The Balaban J connectivity index is 2.62. The van der Waals surface area contributed by atoms with Gasteiger partial charge in [0.15, 0.2) is 0 Å². The number of rotatable bonds is 1. The van der Waals surface area contributed by atoms with E-state index in [1.807, 2.05) is 0 Å². The Bertz CT molecular complexity index is 500. The van der Waals surface area contributed by atoms with Crippen LogP contribution in [0.25, 0.3) is 0 Å². The summed E-state index contributed by atoms with van der Waals surface area (Å²) in [7, 11) is 1.37. The van der Waals surface area contributed by atoms with Gasteiger partial charge in [-0.15, -0.1) is 0 Å². The predicted molar refractivity (Wildman–Crippen MR) is 72.2 cm³/mol. The molecular formula is C13H15Cl2NO2. The Morgan fingerprint density at radius 1 is 1.44 bits per heavy atom. The maximum absolute atomic E-state index is 11.8. The number of carbonyl (C=O) groups excluding carboxylic acids is 1. The summed E-state index contributed by atoms with van der Waals surface area (Å²) >= 11 is 12.3. The lowest BCUT2D eigenvalue weighted by molar-refractivity contribution is -0.143. The molecule has 1 N–H and O–H groups in total. The van der Waals surface area contributed by atoms with Crippen LogP contribution in [0, 0.1) is 0 Å². The van der Waals surface area contributed by atoms with Crippen molar-refractivity contribution in [3.05, 3.63) is 33.3 Å². The molecule has 18 heavy (non-hydrogen) atoms. The zero-order chi connectivity index (χ0) is 13.5. The number of carbonyl (C=O) groups is 1. The molecule has 0 aromatic heterocycles. The monoisotopic (exact) mass is 287 g/mol. The smallest absolute Gasteiger partial charge is 0.327 e. The minimum atomic E-state index is -0.505. The maximum atomic E-state index is 11.8. The van der Waals surface area contributed by atoms with Gasteiger partial charge in [0.1, 0.15) is 6.04 Å². The second kappa shape index (κ2) is 4.72. The molecular weight excluding hydrogens is 273 g/mol. The first-order valence-electron chi connectivity index (χ1n) is 5.67. The van der Waals surface area contributed by atoms with Gasteiger partial charge in [0, 0.05) is 22.0 Å². The van der Waals surface area contributed by atoms with E-state index >= 15 is 0 Å². The summed E-state index contributed by atoms with van der Waals surface area (Å²) in [4.78, 5) is 11.8. The van der Waals surface area contributed by atoms with Crippen molar-refractivity contribution in [2.75, 3.05) is 13.7 Å². The van der Waals surface area contributed by atoms with Crippen molar-refractivity contribution in [2.24, 2.45) is 0 Å². The number of benzene rings is 1. The van der Waals surface area contributed by atoms with Crippen molar-refractivity contribution in [2.45, 2.75) is 25.3 Å². The van der Waals surface area contributed by atoms with Gasteiger partial charge in [-0.25, -0.2) is 4.79 Å². The summed E-state index contributed by atoms with van der Waals surface area (Å²) in [5, 5.41) is 4.29. The standard InChI is InChI=1S/C13H15Cl2NO2/c1-13(2)6-16-11(12(17)18-3)8-4-7(14)5-9(15)10(8)13/h4-5,11,16H,6H2,1-3H3. The molecule has 0 amide bonds. The van der Waals surface area contributed by atoms with Crippen LogP contribution < -0.4 is 5.32 Å². The summed E-state index contributed by atoms with van der Waals surface area (Å²) in [5.74, 6) is -0.329. The van der Waals surface area contributed by atoms with E-state index in [4.69, 9.17) is 27.9 Å². The lowest BCUT2D eigenvalue weighted by atomic mass is 9.76. The third kappa shape index (κ3) is 2.22. The normalized spacial score (nSPS) is 21.3. The highest BCUT2D eigenvalue weighted by Gasteiger charge is 2.37. The van der Waals surface area contributed by atoms with E-state index in [1.54, 1.807) is 12.1 Å². The van der Waals surface area contributed by atoms with Crippen molar-refractivity contribution in [1.82, 2.24) is 5.32 Å². The van der Waals surface area contributed by atoms with Crippen LogP contribution in [0.15, 0.2) is 12.1 Å². The van der Waals surface area contributed by atoms with Crippen molar-refractivity contribution in [3.63, 3.8) is 0 Å². The number of esters is 1. The van der Waals surface area contributed by atoms with Crippen LogP contribution in [0.4, 0.5) is 0 Å². The van der Waals surface area contributed by atoms with E-state index in [-0.39, 0.29) is 11.4 Å². The summed E-state index contributed by atoms with van der Waals surface area (Å²) < 4.78 is 4.81. The van der Waals surface area contributed by atoms with Crippen LogP contribution in [0.5, 0.6) is 0 Å². The molecule has 0 fully saturated rings. The Kier molecular flexibility index (Phi) is 3.58. The van der Waals surface area contributed by atoms with Crippen molar-refractivity contribution < 1.29 is 9.53 Å². The van der Waals surface area contributed by atoms with E-state index < -0.39 is 6.04 Å². The fraction of sp³-hybridized carbons (Fsp3) is 0.462. The van der Waals surface area contributed by atoms with Gasteiger partial charge in [-0.1, -0.05) is 37.0 Å².